The Hall–Kier alpha value is -1.33. The molecule has 0 aliphatic carbocycles. The molecule has 0 radical (unpaired) electrons. The molecule has 6 heteroatoms. The largest absolute Gasteiger partial charge is 0.495 e. The number of aryl methyl sites for hydroxylation is 1. The van der Waals surface area contributed by atoms with E-state index in [0.717, 1.165) is 24.0 Å². The number of halogens is 1. The fraction of sp³-hybridized carbons (Fsp3) is 0.357. The van der Waals surface area contributed by atoms with Crippen LogP contribution in [0.25, 0.3) is 0 Å². The van der Waals surface area contributed by atoms with E-state index in [0.29, 0.717) is 22.3 Å². The standard InChI is InChI=1S/C14H17ClN2O2S/c1-19-14-5-4-11(7-13(14)15)10-20(18)6-2-3-12-8-16-17-9-12/h4-5,7-9H,2-3,6,10H2,1H3,(H,16,17). The van der Waals surface area contributed by atoms with Crippen molar-refractivity contribution in [1.82, 2.24) is 10.2 Å². The van der Waals surface area contributed by atoms with Crippen molar-refractivity contribution in [2.24, 2.45) is 0 Å². The van der Waals surface area contributed by atoms with Gasteiger partial charge in [-0.15, -0.1) is 0 Å². The molecule has 1 N–H and O–H groups in total. The molecule has 1 atom stereocenters. The molecule has 2 rings (SSSR count). The predicted octanol–water partition coefficient (Wildman–Crippen LogP) is 2.95. The third-order valence-corrected chi connectivity index (χ3v) is 4.63. The average molecular weight is 313 g/mol. The van der Waals surface area contributed by atoms with Gasteiger partial charge in [-0.25, -0.2) is 0 Å². The molecule has 1 heterocycles. The number of benzene rings is 1. The van der Waals surface area contributed by atoms with E-state index in [1.54, 1.807) is 19.4 Å². The summed E-state index contributed by atoms with van der Waals surface area (Å²) in [5.74, 6) is 1.84. The molecule has 0 saturated carbocycles. The highest BCUT2D eigenvalue weighted by molar-refractivity contribution is 7.84. The summed E-state index contributed by atoms with van der Waals surface area (Å²) in [7, 11) is 0.699. The zero-order valence-electron chi connectivity index (χ0n) is 11.3. The van der Waals surface area contributed by atoms with Gasteiger partial charge in [-0.3, -0.25) is 9.31 Å². The number of ether oxygens (including phenoxy) is 1. The van der Waals surface area contributed by atoms with Crippen molar-refractivity contribution in [3.8, 4) is 5.75 Å². The van der Waals surface area contributed by atoms with Gasteiger partial charge in [0.15, 0.2) is 0 Å². The van der Waals surface area contributed by atoms with Crippen LogP contribution in [0.2, 0.25) is 5.02 Å². The molecular weight excluding hydrogens is 296 g/mol. The third-order valence-electron chi connectivity index (χ3n) is 2.94. The second kappa shape index (κ2) is 7.45. The van der Waals surface area contributed by atoms with Gasteiger partial charge < -0.3 is 4.74 Å². The van der Waals surface area contributed by atoms with Crippen molar-refractivity contribution in [2.45, 2.75) is 18.6 Å². The predicted molar refractivity (Wildman–Crippen MR) is 81.6 cm³/mol. The van der Waals surface area contributed by atoms with Crippen LogP contribution in [-0.4, -0.2) is 27.3 Å². The quantitative estimate of drug-likeness (QED) is 0.855. The molecule has 1 unspecified atom stereocenters. The first kappa shape index (κ1) is 15.1. The highest BCUT2D eigenvalue weighted by Crippen LogP contribution is 2.25. The van der Waals surface area contributed by atoms with Crippen LogP contribution in [0.15, 0.2) is 30.6 Å². The van der Waals surface area contributed by atoms with Crippen molar-refractivity contribution >= 4 is 22.4 Å². The molecule has 2 aromatic rings. The Bertz CT molecular complexity index is 573. The summed E-state index contributed by atoms with van der Waals surface area (Å²) in [4.78, 5) is 0. The van der Waals surface area contributed by atoms with Gasteiger partial charge in [-0.05, 0) is 36.1 Å². The first-order valence-corrected chi connectivity index (χ1v) is 8.20. The van der Waals surface area contributed by atoms with Gasteiger partial charge in [0, 0.05) is 28.5 Å². The minimum atomic E-state index is -0.879. The van der Waals surface area contributed by atoms with Crippen LogP contribution in [0.1, 0.15) is 17.5 Å². The maximum atomic E-state index is 12.0. The lowest BCUT2D eigenvalue weighted by Crippen LogP contribution is -2.02. The van der Waals surface area contributed by atoms with Crippen LogP contribution in [0.5, 0.6) is 5.75 Å². The lowest BCUT2D eigenvalue weighted by molar-refractivity contribution is 0.415. The topological polar surface area (TPSA) is 55.0 Å². The molecular formula is C14H17ClN2O2S. The number of nitrogens with zero attached hydrogens (tertiary/aromatic N) is 1. The summed E-state index contributed by atoms with van der Waals surface area (Å²) in [5, 5.41) is 7.21. The maximum Gasteiger partial charge on any atom is 0.137 e. The molecule has 0 bridgehead atoms. The lowest BCUT2D eigenvalue weighted by atomic mass is 10.2. The first-order valence-electron chi connectivity index (χ1n) is 6.34. The van der Waals surface area contributed by atoms with Crippen molar-refractivity contribution in [2.75, 3.05) is 12.9 Å². The Morgan fingerprint density at radius 2 is 2.25 bits per heavy atom. The molecule has 0 spiro atoms. The summed E-state index contributed by atoms with van der Waals surface area (Å²) < 4.78 is 17.1. The number of hydrogen-bond donors (Lipinski definition) is 1. The van der Waals surface area contributed by atoms with Crippen molar-refractivity contribution < 1.29 is 8.95 Å². The van der Waals surface area contributed by atoms with E-state index in [1.165, 1.54) is 0 Å². The number of aromatic nitrogens is 2. The molecule has 0 saturated heterocycles. The highest BCUT2D eigenvalue weighted by Gasteiger charge is 2.06. The van der Waals surface area contributed by atoms with Gasteiger partial charge in [0.05, 0.1) is 18.3 Å². The molecule has 20 heavy (non-hydrogen) atoms. The molecule has 108 valence electrons. The average Bonchev–Trinajstić information content (AvgIpc) is 2.92. The van der Waals surface area contributed by atoms with Crippen LogP contribution in [0.4, 0.5) is 0 Å². The van der Waals surface area contributed by atoms with Gasteiger partial charge in [-0.1, -0.05) is 17.7 Å². The zero-order chi connectivity index (χ0) is 14.4. The van der Waals surface area contributed by atoms with Crippen LogP contribution in [0, 0.1) is 0 Å². The summed E-state index contributed by atoms with van der Waals surface area (Å²) >= 11 is 6.05. The van der Waals surface area contributed by atoms with E-state index >= 15 is 0 Å². The normalized spacial score (nSPS) is 12.3. The molecule has 0 aliphatic rings. The molecule has 0 amide bonds. The summed E-state index contributed by atoms with van der Waals surface area (Å²) in [5.41, 5.74) is 2.12. The lowest BCUT2D eigenvalue weighted by Gasteiger charge is -2.06. The van der Waals surface area contributed by atoms with Crippen molar-refractivity contribution in [3.63, 3.8) is 0 Å². The summed E-state index contributed by atoms with van der Waals surface area (Å²) in [6.07, 6.45) is 5.44. The molecule has 1 aromatic heterocycles. The van der Waals surface area contributed by atoms with Gasteiger partial charge >= 0.3 is 0 Å². The van der Waals surface area contributed by atoms with Crippen LogP contribution >= 0.6 is 11.6 Å². The van der Waals surface area contributed by atoms with Crippen LogP contribution < -0.4 is 4.74 Å². The Morgan fingerprint density at radius 3 is 2.90 bits per heavy atom. The van der Waals surface area contributed by atoms with Gasteiger partial charge in [0.25, 0.3) is 0 Å². The monoisotopic (exact) mass is 312 g/mol. The Kier molecular flexibility index (Phi) is 5.61. The number of methoxy groups -OCH3 is 1. The minimum Gasteiger partial charge on any atom is -0.495 e. The number of H-pyrrole nitrogens is 1. The summed E-state index contributed by atoms with van der Waals surface area (Å²) in [6, 6.07) is 5.52. The zero-order valence-corrected chi connectivity index (χ0v) is 12.8. The van der Waals surface area contributed by atoms with Crippen molar-refractivity contribution in [3.05, 3.63) is 46.7 Å². The van der Waals surface area contributed by atoms with Gasteiger partial charge in [0.2, 0.25) is 0 Å². The first-order chi connectivity index (χ1) is 9.69. The second-order valence-electron chi connectivity index (χ2n) is 4.47. The van der Waals surface area contributed by atoms with Crippen LogP contribution in [0.3, 0.4) is 0 Å². The third kappa shape index (κ3) is 4.35. The molecule has 0 fully saturated rings. The SMILES string of the molecule is COc1ccc(CS(=O)CCCc2cn[nH]c2)cc1Cl. The Balaban J connectivity index is 1.80. The Morgan fingerprint density at radius 1 is 1.40 bits per heavy atom. The van der Waals surface area contributed by atoms with E-state index in [-0.39, 0.29) is 0 Å². The van der Waals surface area contributed by atoms with E-state index in [1.807, 2.05) is 18.3 Å². The fourth-order valence-electron chi connectivity index (χ4n) is 1.91. The van der Waals surface area contributed by atoms with Crippen molar-refractivity contribution in [1.29, 1.82) is 0 Å². The smallest absolute Gasteiger partial charge is 0.137 e. The summed E-state index contributed by atoms with van der Waals surface area (Å²) in [6.45, 7) is 0. The Labute approximate surface area is 126 Å². The van der Waals surface area contributed by atoms with E-state index < -0.39 is 10.8 Å². The van der Waals surface area contributed by atoms with E-state index in [9.17, 15) is 4.21 Å². The van der Waals surface area contributed by atoms with Gasteiger partial charge in [0.1, 0.15) is 5.75 Å². The molecule has 0 aliphatic heterocycles. The number of rotatable bonds is 7. The number of nitrogens with one attached hydrogen (secondary N) is 1. The molecule has 4 nitrogen and oxygen atoms in total. The maximum absolute atomic E-state index is 12.0. The minimum absolute atomic E-state index is 0.523. The second-order valence-corrected chi connectivity index (χ2v) is 6.45. The van der Waals surface area contributed by atoms with Gasteiger partial charge in [-0.2, -0.15) is 5.10 Å². The highest BCUT2D eigenvalue weighted by atomic mass is 35.5. The number of hydrogen-bond acceptors (Lipinski definition) is 3. The fourth-order valence-corrected chi connectivity index (χ4v) is 3.35. The molecule has 1 aromatic carbocycles. The van der Waals surface area contributed by atoms with Crippen LogP contribution in [-0.2, 0) is 23.0 Å². The number of aromatic amines is 1. The van der Waals surface area contributed by atoms with E-state index in [4.69, 9.17) is 16.3 Å². The van der Waals surface area contributed by atoms with E-state index in [2.05, 4.69) is 10.2 Å².